The number of aromatic carboxylic acids is 1. The molecule has 1 aliphatic heterocycles. The average molecular weight is 578 g/mol. The lowest BCUT2D eigenvalue weighted by atomic mass is 9.82. The van der Waals surface area contributed by atoms with Crippen LogP contribution in [0, 0.1) is 0 Å². The number of carboxylic acids is 1. The van der Waals surface area contributed by atoms with Gasteiger partial charge in [-0.1, -0.05) is 68.8 Å². The molecule has 1 N–H and O–H groups in total. The molecule has 4 aromatic rings. The third kappa shape index (κ3) is 3.75. The van der Waals surface area contributed by atoms with E-state index in [2.05, 4.69) is 79.4 Å². The number of allylic oxidation sites excluding steroid dienone is 3. The molecule has 2 unspecified atom stereocenters. The topological polar surface area (TPSA) is 74.7 Å². The molecule has 0 bridgehead atoms. The number of hydrogen-bond acceptors (Lipinski definition) is 4. The molecule has 2 atom stereocenters. The molecule has 5 heteroatoms. The second-order valence-electron chi connectivity index (χ2n) is 12.9. The molecule has 0 aromatic heterocycles. The van der Waals surface area contributed by atoms with Crippen LogP contribution in [0.15, 0.2) is 96.6 Å². The van der Waals surface area contributed by atoms with Gasteiger partial charge >= 0.3 is 5.97 Å². The first kappa shape index (κ1) is 26.6. The second kappa shape index (κ2) is 9.48. The number of ketones is 2. The Balaban J connectivity index is 1.11. The summed E-state index contributed by atoms with van der Waals surface area (Å²) in [5.41, 5.74) is 10.7. The quantitative estimate of drug-likeness (QED) is 0.194. The minimum absolute atomic E-state index is 0.00682. The van der Waals surface area contributed by atoms with Crippen molar-refractivity contribution in [2.75, 3.05) is 4.90 Å². The van der Waals surface area contributed by atoms with Gasteiger partial charge in [0.2, 0.25) is 0 Å². The summed E-state index contributed by atoms with van der Waals surface area (Å²) in [5.74, 6) is -1.47. The number of Topliss-reactive ketones (excluding diaryl/α,β-unsaturated/α-hetero) is 2. The van der Waals surface area contributed by atoms with Crippen molar-refractivity contribution in [3.63, 3.8) is 0 Å². The van der Waals surface area contributed by atoms with Gasteiger partial charge in [-0.2, -0.15) is 0 Å². The molecule has 44 heavy (non-hydrogen) atoms. The van der Waals surface area contributed by atoms with E-state index in [1.165, 1.54) is 63.8 Å². The molecule has 4 aliphatic rings. The van der Waals surface area contributed by atoms with E-state index in [0.717, 1.165) is 18.4 Å². The number of hydrogen-bond donors (Lipinski definition) is 1. The number of carbonyl (C=O) groups excluding carboxylic acids is 2. The van der Waals surface area contributed by atoms with Crippen LogP contribution in [0.2, 0.25) is 0 Å². The number of carbonyl (C=O) groups is 3. The zero-order chi connectivity index (χ0) is 30.3. The molecule has 0 saturated heterocycles. The maximum absolute atomic E-state index is 12.9. The molecule has 216 valence electrons. The molecule has 1 fully saturated rings. The number of anilines is 2. The van der Waals surface area contributed by atoms with Crippen LogP contribution >= 0.6 is 0 Å². The molecule has 0 amide bonds. The fraction of sp³-hybridized carbons (Fsp3) is 0.205. The SMILES string of the molecule is CC1(C)c2ccccc2-c2cc(N3c4ccc(/C=C/C=C5\C(=O)c6ccc(C(=O)O)cc6C5=O)cc4C4CCCC43)ccc21. The lowest BCUT2D eigenvalue weighted by Crippen LogP contribution is -2.26. The number of rotatable bonds is 4. The first-order chi connectivity index (χ1) is 21.2. The van der Waals surface area contributed by atoms with E-state index < -0.39 is 11.8 Å². The summed E-state index contributed by atoms with van der Waals surface area (Å²) in [6.07, 6.45) is 8.74. The zero-order valence-electron chi connectivity index (χ0n) is 24.6. The minimum Gasteiger partial charge on any atom is -0.478 e. The van der Waals surface area contributed by atoms with Crippen LogP contribution in [0.25, 0.3) is 17.2 Å². The van der Waals surface area contributed by atoms with Crippen LogP contribution < -0.4 is 4.90 Å². The predicted molar refractivity (Wildman–Crippen MR) is 172 cm³/mol. The van der Waals surface area contributed by atoms with Gasteiger partial charge in [0.05, 0.1) is 11.1 Å². The molecule has 8 rings (SSSR count). The first-order valence-corrected chi connectivity index (χ1v) is 15.3. The van der Waals surface area contributed by atoms with Gasteiger partial charge in [0.15, 0.2) is 11.6 Å². The van der Waals surface area contributed by atoms with Gasteiger partial charge in [-0.25, -0.2) is 4.79 Å². The average Bonchev–Trinajstić information content (AvgIpc) is 3.74. The Kier molecular flexibility index (Phi) is 5.73. The van der Waals surface area contributed by atoms with Crippen molar-refractivity contribution in [2.45, 2.75) is 50.5 Å². The molecule has 1 heterocycles. The van der Waals surface area contributed by atoms with Gasteiger partial charge in [-0.05, 0) is 94.8 Å². The normalized spacial score (nSPS) is 21.5. The summed E-state index contributed by atoms with van der Waals surface area (Å²) in [6.45, 7) is 4.63. The van der Waals surface area contributed by atoms with E-state index in [-0.39, 0.29) is 33.5 Å². The number of nitrogens with zero attached hydrogens (tertiary/aromatic N) is 1. The number of fused-ring (bicyclic) bond motifs is 7. The highest BCUT2D eigenvalue weighted by molar-refractivity contribution is 6.39. The molecule has 5 nitrogen and oxygen atoms in total. The van der Waals surface area contributed by atoms with Crippen LogP contribution in [-0.4, -0.2) is 28.7 Å². The zero-order valence-corrected chi connectivity index (χ0v) is 24.6. The lowest BCUT2D eigenvalue weighted by molar-refractivity contribution is 0.0696. The van der Waals surface area contributed by atoms with Crippen molar-refractivity contribution in [2.24, 2.45) is 0 Å². The summed E-state index contributed by atoms with van der Waals surface area (Å²) in [4.78, 5) is 39.7. The van der Waals surface area contributed by atoms with Crippen molar-refractivity contribution >= 4 is 35.0 Å². The third-order valence-electron chi connectivity index (χ3n) is 10.2. The smallest absolute Gasteiger partial charge is 0.335 e. The van der Waals surface area contributed by atoms with E-state index in [1.807, 2.05) is 6.08 Å². The first-order valence-electron chi connectivity index (χ1n) is 15.3. The van der Waals surface area contributed by atoms with E-state index in [0.29, 0.717) is 12.0 Å². The third-order valence-corrected chi connectivity index (χ3v) is 10.2. The summed E-state index contributed by atoms with van der Waals surface area (Å²) in [6, 6.07) is 26.8. The van der Waals surface area contributed by atoms with Gasteiger partial charge in [0.1, 0.15) is 0 Å². The molecule has 1 saturated carbocycles. The summed E-state index contributed by atoms with van der Waals surface area (Å²) >= 11 is 0. The maximum Gasteiger partial charge on any atom is 0.335 e. The standard InChI is InChI=1S/C39H31NO4/c1-39(2)32-11-4-3-8-25(32)29-21-24(15-17-33(29)39)40-34-12-6-9-26(34)30-19-22(13-18-35(30)40)7-5-10-28-36(41)27-16-14-23(38(43)44)20-31(27)37(28)42/h3-5,7-8,10-11,13-21,26,34H,6,9,12H2,1-2H3,(H,43,44)/b7-5+,28-10+. The largest absolute Gasteiger partial charge is 0.478 e. The summed E-state index contributed by atoms with van der Waals surface area (Å²) in [5, 5.41) is 9.27. The Morgan fingerprint density at radius 1 is 0.841 bits per heavy atom. The van der Waals surface area contributed by atoms with Crippen molar-refractivity contribution < 1.29 is 19.5 Å². The van der Waals surface area contributed by atoms with Crippen molar-refractivity contribution in [3.05, 3.63) is 136 Å². The van der Waals surface area contributed by atoms with Gasteiger partial charge < -0.3 is 10.0 Å². The monoisotopic (exact) mass is 577 g/mol. The minimum atomic E-state index is -1.13. The Morgan fingerprint density at radius 2 is 1.64 bits per heavy atom. The molecule has 0 spiro atoms. The molecule has 3 aliphatic carbocycles. The number of carboxylic acid groups (broad SMARTS) is 1. The van der Waals surface area contributed by atoms with Gasteiger partial charge in [0, 0.05) is 39.9 Å². The summed E-state index contributed by atoms with van der Waals surface area (Å²) in [7, 11) is 0. The van der Waals surface area contributed by atoms with E-state index in [4.69, 9.17) is 0 Å². The Hall–Kier alpha value is -5.03. The van der Waals surface area contributed by atoms with Crippen LogP contribution in [0.5, 0.6) is 0 Å². The van der Waals surface area contributed by atoms with Gasteiger partial charge in [-0.3, -0.25) is 9.59 Å². The van der Waals surface area contributed by atoms with Gasteiger partial charge in [0.25, 0.3) is 0 Å². The highest BCUT2D eigenvalue weighted by atomic mass is 16.4. The Morgan fingerprint density at radius 3 is 2.48 bits per heavy atom. The van der Waals surface area contributed by atoms with Gasteiger partial charge in [-0.15, -0.1) is 0 Å². The molecule has 4 aromatic carbocycles. The van der Waals surface area contributed by atoms with E-state index in [9.17, 15) is 19.5 Å². The molecular weight excluding hydrogens is 546 g/mol. The highest BCUT2D eigenvalue weighted by Crippen LogP contribution is 2.55. The van der Waals surface area contributed by atoms with E-state index in [1.54, 1.807) is 12.2 Å². The maximum atomic E-state index is 12.9. The van der Waals surface area contributed by atoms with Crippen LogP contribution in [0.4, 0.5) is 11.4 Å². The van der Waals surface area contributed by atoms with Crippen molar-refractivity contribution in [1.82, 2.24) is 0 Å². The number of benzene rings is 4. The molecule has 0 radical (unpaired) electrons. The highest BCUT2D eigenvalue weighted by Gasteiger charge is 2.43. The van der Waals surface area contributed by atoms with Crippen molar-refractivity contribution in [3.8, 4) is 11.1 Å². The van der Waals surface area contributed by atoms with Crippen LogP contribution in [-0.2, 0) is 5.41 Å². The van der Waals surface area contributed by atoms with Crippen molar-refractivity contribution in [1.29, 1.82) is 0 Å². The fourth-order valence-corrected chi connectivity index (χ4v) is 8.04. The summed E-state index contributed by atoms with van der Waals surface area (Å²) < 4.78 is 0. The van der Waals surface area contributed by atoms with Crippen LogP contribution in [0.3, 0.4) is 0 Å². The second-order valence-corrected chi connectivity index (χ2v) is 12.9. The fourth-order valence-electron chi connectivity index (χ4n) is 8.04. The molecular formula is C39H31NO4. The van der Waals surface area contributed by atoms with Crippen LogP contribution in [0.1, 0.15) is 92.4 Å². The predicted octanol–water partition coefficient (Wildman–Crippen LogP) is 8.50. The lowest BCUT2D eigenvalue weighted by Gasteiger charge is -2.28. The van der Waals surface area contributed by atoms with E-state index >= 15 is 0 Å². The Bertz CT molecular complexity index is 2010. The Labute approximate surface area is 256 Å².